The van der Waals surface area contributed by atoms with E-state index in [9.17, 15) is 14.0 Å². The average Bonchev–Trinajstić information content (AvgIpc) is 3.10. The van der Waals surface area contributed by atoms with Gasteiger partial charge in [-0.25, -0.2) is 9.37 Å². The molecule has 3 aromatic rings. The number of amides is 2. The number of carbonyl (C=O) groups excluding carboxylic acids is 2. The maximum absolute atomic E-state index is 14.1. The summed E-state index contributed by atoms with van der Waals surface area (Å²) in [6, 6.07) is 12.8. The molecule has 0 bridgehead atoms. The number of aromatic nitrogens is 1. The van der Waals surface area contributed by atoms with E-state index in [-0.39, 0.29) is 17.5 Å². The fourth-order valence-corrected chi connectivity index (χ4v) is 3.45. The molecule has 0 unspecified atom stereocenters. The number of thiazole rings is 1. The first-order valence-electron chi connectivity index (χ1n) is 8.19. The summed E-state index contributed by atoms with van der Waals surface area (Å²) >= 11 is 7.06. The van der Waals surface area contributed by atoms with Gasteiger partial charge in [-0.1, -0.05) is 29.8 Å². The summed E-state index contributed by atoms with van der Waals surface area (Å²) in [6.07, 6.45) is 2.83. The van der Waals surface area contributed by atoms with Crippen molar-refractivity contribution in [3.63, 3.8) is 0 Å². The van der Waals surface area contributed by atoms with Crippen molar-refractivity contribution < 1.29 is 14.0 Å². The average molecular weight is 416 g/mol. The van der Waals surface area contributed by atoms with Crippen LogP contribution in [0, 0.1) is 5.82 Å². The van der Waals surface area contributed by atoms with Crippen LogP contribution in [0.5, 0.6) is 0 Å². The highest BCUT2D eigenvalue weighted by atomic mass is 35.5. The summed E-state index contributed by atoms with van der Waals surface area (Å²) in [6.45, 7) is 1.34. The normalized spacial score (nSPS) is 10.8. The zero-order chi connectivity index (χ0) is 20.1. The smallest absolute Gasteiger partial charge is 0.248 e. The van der Waals surface area contributed by atoms with Gasteiger partial charge in [-0.05, 0) is 36.4 Å². The second-order valence-corrected chi connectivity index (χ2v) is 6.97. The summed E-state index contributed by atoms with van der Waals surface area (Å²) in [7, 11) is 0. The largest absolute Gasteiger partial charge is 0.322 e. The molecule has 2 amide bonds. The van der Waals surface area contributed by atoms with Crippen molar-refractivity contribution in [3.8, 4) is 0 Å². The molecule has 2 aromatic carbocycles. The number of para-hydroxylation sites is 1. The molecule has 3 rings (SSSR count). The summed E-state index contributed by atoms with van der Waals surface area (Å²) in [5, 5.41) is 5.19. The molecular formula is C20H15ClFN3O2S. The van der Waals surface area contributed by atoms with Crippen molar-refractivity contribution in [1.29, 1.82) is 0 Å². The third-order valence-corrected chi connectivity index (χ3v) is 4.69. The number of benzene rings is 2. The molecule has 1 N–H and O–H groups in total. The number of anilines is 3. The van der Waals surface area contributed by atoms with Gasteiger partial charge in [0.1, 0.15) is 5.82 Å². The second-order valence-electron chi connectivity index (χ2n) is 5.69. The molecule has 0 radical (unpaired) electrons. The van der Waals surface area contributed by atoms with Gasteiger partial charge in [-0.3, -0.25) is 14.5 Å². The zero-order valence-electron chi connectivity index (χ0n) is 14.7. The van der Waals surface area contributed by atoms with Crippen molar-refractivity contribution in [2.24, 2.45) is 0 Å². The van der Waals surface area contributed by atoms with Gasteiger partial charge in [-0.15, -0.1) is 11.3 Å². The Hall–Kier alpha value is -3.03. The predicted octanol–water partition coefficient (Wildman–Crippen LogP) is 5.27. The van der Waals surface area contributed by atoms with E-state index in [1.54, 1.807) is 41.8 Å². The van der Waals surface area contributed by atoms with Gasteiger partial charge in [0, 0.05) is 29.1 Å². The van der Waals surface area contributed by atoms with E-state index >= 15 is 0 Å². The Morgan fingerprint density at radius 2 is 2.00 bits per heavy atom. The summed E-state index contributed by atoms with van der Waals surface area (Å²) in [5.74, 6) is -1.24. The van der Waals surface area contributed by atoms with Gasteiger partial charge >= 0.3 is 0 Å². The highest BCUT2D eigenvalue weighted by Gasteiger charge is 2.20. The van der Waals surface area contributed by atoms with Crippen LogP contribution in [0.1, 0.15) is 12.6 Å². The Labute approximate surface area is 170 Å². The van der Waals surface area contributed by atoms with E-state index in [1.165, 1.54) is 47.4 Å². The number of rotatable bonds is 5. The molecule has 0 aliphatic heterocycles. The number of hydrogen-bond acceptors (Lipinski definition) is 4. The lowest BCUT2D eigenvalue weighted by Gasteiger charge is -2.18. The Morgan fingerprint density at radius 1 is 1.21 bits per heavy atom. The first-order chi connectivity index (χ1) is 13.4. The Bertz CT molecular complexity index is 1050. The molecule has 5 nitrogen and oxygen atoms in total. The topological polar surface area (TPSA) is 62.3 Å². The highest BCUT2D eigenvalue weighted by Crippen LogP contribution is 2.31. The van der Waals surface area contributed by atoms with Crippen LogP contribution in [0.4, 0.5) is 20.9 Å². The Morgan fingerprint density at radius 3 is 2.71 bits per heavy atom. The van der Waals surface area contributed by atoms with E-state index in [2.05, 4.69) is 10.3 Å². The zero-order valence-corrected chi connectivity index (χ0v) is 16.3. The molecule has 0 saturated carbocycles. The molecule has 0 aliphatic rings. The second kappa shape index (κ2) is 8.77. The van der Waals surface area contributed by atoms with E-state index in [0.29, 0.717) is 21.5 Å². The van der Waals surface area contributed by atoms with Gasteiger partial charge in [0.15, 0.2) is 5.13 Å². The molecule has 0 saturated heterocycles. The molecule has 8 heteroatoms. The number of hydrogen-bond donors (Lipinski definition) is 1. The first-order valence-corrected chi connectivity index (χ1v) is 9.45. The first kappa shape index (κ1) is 19.7. The quantitative estimate of drug-likeness (QED) is 0.577. The lowest BCUT2D eigenvalue weighted by atomic mass is 10.3. The summed E-state index contributed by atoms with van der Waals surface area (Å²) < 4.78 is 14.1. The van der Waals surface area contributed by atoms with Crippen LogP contribution in [0.25, 0.3) is 6.08 Å². The minimum Gasteiger partial charge on any atom is -0.322 e. The van der Waals surface area contributed by atoms with Crippen molar-refractivity contribution in [2.45, 2.75) is 6.92 Å². The highest BCUT2D eigenvalue weighted by molar-refractivity contribution is 7.14. The number of nitrogens with zero attached hydrogens (tertiary/aromatic N) is 2. The lowest BCUT2D eigenvalue weighted by molar-refractivity contribution is -0.116. The van der Waals surface area contributed by atoms with Crippen LogP contribution in [0.2, 0.25) is 5.02 Å². The molecule has 142 valence electrons. The SMILES string of the molecule is CC(=O)N(c1nc(/C=C/C(=O)Nc2cccc(Cl)c2)cs1)c1ccccc1F. The fraction of sp³-hybridized carbons (Fsp3) is 0.0500. The molecule has 0 spiro atoms. The molecule has 1 heterocycles. The van der Waals surface area contributed by atoms with Gasteiger partial charge in [-0.2, -0.15) is 0 Å². The van der Waals surface area contributed by atoms with E-state index in [4.69, 9.17) is 11.6 Å². The van der Waals surface area contributed by atoms with Crippen molar-refractivity contribution in [2.75, 3.05) is 10.2 Å². The van der Waals surface area contributed by atoms with Crippen LogP contribution in [0.3, 0.4) is 0 Å². The third kappa shape index (κ3) is 4.82. The van der Waals surface area contributed by atoms with E-state index in [1.807, 2.05) is 0 Å². The molecule has 1 aromatic heterocycles. The number of carbonyl (C=O) groups is 2. The van der Waals surface area contributed by atoms with E-state index in [0.717, 1.165) is 0 Å². The minimum atomic E-state index is -0.522. The lowest BCUT2D eigenvalue weighted by Crippen LogP contribution is -2.23. The molecular weight excluding hydrogens is 401 g/mol. The van der Waals surface area contributed by atoms with Crippen LogP contribution >= 0.6 is 22.9 Å². The summed E-state index contributed by atoms with van der Waals surface area (Å²) in [4.78, 5) is 29.6. The number of nitrogens with one attached hydrogen (secondary N) is 1. The molecule has 28 heavy (non-hydrogen) atoms. The van der Waals surface area contributed by atoms with Gasteiger partial charge in [0.2, 0.25) is 11.8 Å². The van der Waals surface area contributed by atoms with Crippen LogP contribution in [-0.2, 0) is 9.59 Å². The van der Waals surface area contributed by atoms with Gasteiger partial charge in [0.05, 0.1) is 11.4 Å². The standard InChI is InChI=1S/C20H15ClFN3O2S/c1-13(26)25(18-8-3-2-7-17(18)22)20-24-16(12-28-20)9-10-19(27)23-15-6-4-5-14(21)11-15/h2-12H,1H3,(H,23,27)/b10-9+. The van der Waals surface area contributed by atoms with Crippen molar-refractivity contribution in [1.82, 2.24) is 4.98 Å². The van der Waals surface area contributed by atoms with Gasteiger partial charge < -0.3 is 5.32 Å². The molecule has 0 aliphatic carbocycles. The molecule has 0 fully saturated rings. The van der Waals surface area contributed by atoms with E-state index < -0.39 is 5.82 Å². The predicted molar refractivity (Wildman–Crippen MR) is 110 cm³/mol. The molecule has 0 atom stereocenters. The van der Waals surface area contributed by atoms with Crippen LogP contribution in [0.15, 0.2) is 60.0 Å². The van der Waals surface area contributed by atoms with Crippen LogP contribution < -0.4 is 10.2 Å². The van der Waals surface area contributed by atoms with Crippen molar-refractivity contribution in [3.05, 3.63) is 76.5 Å². The minimum absolute atomic E-state index is 0.124. The third-order valence-electron chi connectivity index (χ3n) is 3.61. The number of halogens is 2. The fourth-order valence-electron chi connectivity index (χ4n) is 2.41. The Kier molecular flexibility index (Phi) is 6.18. The van der Waals surface area contributed by atoms with Crippen molar-refractivity contribution >= 4 is 57.3 Å². The van der Waals surface area contributed by atoms with Crippen LogP contribution in [-0.4, -0.2) is 16.8 Å². The summed E-state index contributed by atoms with van der Waals surface area (Å²) in [5.41, 5.74) is 1.17. The maximum Gasteiger partial charge on any atom is 0.248 e. The van der Waals surface area contributed by atoms with Gasteiger partial charge in [0.25, 0.3) is 0 Å². The Balaban J connectivity index is 1.75. The monoisotopic (exact) mass is 415 g/mol. The maximum atomic E-state index is 14.1.